The Bertz CT molecular complexity index is 398. The maximum absolute atomic E-state index is 11.6. The molecule has 0 bridgehead atoms. The summed E-state index contributed by atoms with van der Waals surface area (Å²) in [5.41, 5.74) is 5.29. The highest BCUT2D eigenvalue weighted by Crippen LogP contribution is 2.10. The fourth-order valence-electron chi connectivity index (χ4n) is 1.30. The standard InChI is InChI=1S/C10H15N3O2/c1-2-3-4-5-8(14)7-6-12-10(15)13-9(7)11/h6H,2-5H2,1H3,(H3,11,12,13,15). The van der Waals surface area contributed by atoms with E-state index < -0.39 is 5.69 Å². The van der Waals surface area contributed by atoms with E-state index in [2.05, 4.69) is 16.9 Å². The number of ketones is 1. The van der Waals surface area contributed by atoms with E-state index in [0.717, 1.165) is 19.3 Å². The van der Waals surface area contributed by atoms with Crippen molar-refractivity contribution >= 4 is 11.6 Å². The summed E-state index contributed by atoms with van der Waals surface area (Å²) in [6.07, 6.45) is 4.61. The molecule has 1 aromatic rings. The van der Waals surface area contributed by atoms with Gasteiger partial charge in [0.15, 0.2) is 5.78 Å². The van der Waals surface area contributed by atoms with Crippen LogP contribution in [0.15, 0.2) is 11.0 Å². The predicted molar refractivity (Wildman–Crippen MR) is 57.7 cm³/mol. The third-order valence-electron chi connectivity index (χ3n) is 2.15. The Morgan fingerprint density at radius 2 is 2.27 bits per heavy atom. The van der Waals surface area contributed by atoms with Gasteiger partial charge in [-0.25, -0.2) is 9.78 Å². The predicted octanol–water partition coefficient (Wildman–Crippen LogP) is 1.12. The van der Waals surface area contributed by atoms with E-state index in [4.69, 9.17) is 5.73 Å². The summed E-state index contributed by atoms with van der Waals surface area (Å²) >= 11 is 0. The molecular formula is C10H15N3O2. The van der Waals surface area contributed by atoms with Gasteiger partial charge in [0.2, 0.25) is 0 Å². The highest BCUT2D eigenvalue weighted by molar-refractivity contribution is 5.99. The molecule has 15 heavy (non-hydrogen) atoms. The van der Waals surface area contributed by atoms with Gasteiger partial charge in [0.05, 0.1) is 5.56 Å². The van der Waals surface area contributed by atoms with E-state index in [1.807, 2.05) is 0 Å². The van der Waals surface area contributed by atoms with Gasteiger partial charge in [-0.2, -0.15) is 0 Å². The van der Waals surface area contributed by atoms with Crippen molar-refractivity contribution in [1.29, 1.82) is 0 Å². The van der Waals surface area contributed by atoms with E-state index in [-0.39, 0.29) is 11.6 Å². The number of nitrogens with zero attached hydrogens (tertiary/aromatic N) is 1. The zero-order valence-electron chi connectivity index (χ0n) is 8.75. The Balaban J connectivity index is 2.69. The second kappa shape index (κ2) is 5.29. The van der Waals surface area contributed by atoms with Crippen LogP contribution in [0.5, 0.6) is 0 Å². The first-order valence-corrected chi connectivity index (χ1v) is 5.03. The summed E-state index contributed by atoms with van der Waals surface area (Å²) in [6.45, 7) is 2.07. The SMILES string of the molecule is CCCCCC(=O)c1cnc(=O)[nH]c1N. The first-order chi connectivity index (χ1) is 7.15. The number of Topliss-reactive ketones (excluding diaryl/α,β-unsaturated/α-hetero) is 1. The molecule has 0 radical (unpaired) electrons. The van der Waals surface area contributed by atoms with E-state index in [9.17, 15) is 9.59 Å². The number of hydrogen-bond acceptors (Lipinski definition) is 4. The second-order valence-electron chi connectivity index (χ2n) is 3.40. The van der Waals surface area contributed by atoms with Crippen LogP contribution in [0.25, 0.3) is 0 Å². The minimum atomic E-state index is -0.530. The number of rotatable bonds is 5. The van der Waals surface area contributed by atoms with E-state index in [1.54, 1.807) is 0 Å². The average molecular weight is 209 g/mol. The zero-order valence-corrected chi connectivity index (χ0v) is 8.75. The minimum absolute atomic E-state index is 0.0651. The maximum Gasteiger partial charge on any atom is 0.346 e. The summed E-state index contributed by atoms with van der Waals surface area (Å²) < 4.78 is 0. The van der Waals surface area contributed by atoms with E-state index in [1.165, 1.54) is 6.20 Å². The number of anilines is 1. The summed E-state index contributed by atoms with van der Waals surface area (Å²) in [7, 11) is 0. The monoisotopic (exact) mass is 209 g/mol. The minimum Gasteiger partial charge on any atom is -0.384 e. The van der Waals surface area contributed by atoms with Crippen molar-refractivity contribution in [3.05, 3.63) is 22.2 Å². The Labute approximate surface area is 87.7 Å². The number of unbranched alkanes of at least 4 members (excludes halogenated alkanes) is 2. The van der Waals surface area contributed by atoms with Gasteiger partial charge in [-0.05, 0) is 6.42 Å². The number of carbonyl (C=O) groups is 1. The highest BCUT2D eigenvalue weighted by Gasteiger charge is 2.10. The lowest BCUT2D eigenvalue weighted by Gasteiger charge is -2.02. The molecule has 0 unspecified atom stereocenters. The van der Waals surface area contributed by atoms with Crippen molar-refractivity contribution in [3.63, 3.8) is 0 Å². The van der Waals surface area contributed by atoms with E-state index in [0.29, 0.717) is 12.0 Å². The molecule has 0 atom stereocenters. The number of nitrogens with one attached hydrogen (secondary N) is 1. The van der Waals surface area contributed by atoms with Gasteiger partial charge >= 0.3 is 5.69 Å². The van der Waals surface area contributed by atoms with Crippen molar-refractivity contribution in [3.8, 4) is 0 Å². The smallest absolute Gasteiger partial charge is 0.346 e. The van der Waals surface area contributed by atoms with Gasteiger partial charge in [-0.1, -0.05) is 19.8 Å². The molecule has 1 heterocycles. The first-order valence-electron chi connectivity index (χ1n) is 5.03. The fraction of sp³-hybridized carbons (Fsp3) is 0.500. The molecule has 0 fully saturated rings. The molecule has 82 valence electrons. The lowest BCUT2D eigenvalue weighted by atomic mass is 10.1. The first kappa shape index (κ1) is 11.4. The van der Waals surface area contributed by atoms with Gasteiger partial charge in [0.25, 0.3) is 0 Å². The zero-order chi connectivity index (χ0) is 11.3. The Kier molecular flexibility index (Phi) is 4.03. The molecular weight excluding hydrogens is 194 g/mol. The normalized spacial score (nSPS) is 10.2. The number of aromatic nitrogens is 2. The summed E-state index contributed by atoms with van der Waals surface area (Å²) in [4.78, 5) is 28.2. The van der Waals surface area contributed by atoms with Crippen molar-refractivity contribution in [2.24, 2.45) is 0 Å². The molecule has 0 spiro atoms. The highest BCUT2D eigenvalue weighted by atomic mass is 16.1. The van der Waals surface area contributed by atoms with E-state index >= 15 is 0 Å². The Morgan fingerprint density at radius 3 is 2.87 bits per heavy atom. The van der Waals surface area contributed by atoms with Gasteiger partial charge in [-0.3, -0.25) is 9.78 Å². The van der Waals surface area contributed by atoms with Crippen molar-refractivity contribution in [1.82, 2.24) is 9.97 Å². The van der Waals surface area contributed by atoms with Crippen LogP contribution in [0.1, 0.15) is 43.0 Å². The lowest BCUT2D eigenvalue weighted by molar-refractivity contribution is 0.0979. The molecule has 0 aromatic carbocycles. The second-order valence-corrected chi connectivity index (χ2v) is 3.40. The lowest BCUT2D eigenvalue weighted by Crippen LogP contribution is -2.16. The summed E-state index contributed by atoms with van der Waals surface area (Å²) in [5.74, 6) is 0.0428. The molecule has 0 saturated heterocycles. The third kappa shape index (κ3) is 3.19. The summed E-state index contributed by atoms with van der Waals surface area (Å²) in [6, 6.07) is 0. The Hall–Kier alpha value is -1.65. The van der Waals surface area contributed by atoms with Crippen molar-refractivity contribution in [2.45, 2.75) is 32.6 Å². The van der Waals surface area contributed by atoms with Crippen LogP contribution in [0.4, 0.5) is 5.82 Å². The molecule has 1 rings (SSSR count). The van der Waals surface area contributed by atoms with Gasteiger partial charge in [0, 0.05) is 12.6 Å². The van der Waals surface area contributed by atoms with Gasteiger partial charge in [-0.15, -0.1) is 0 Å². The van der Waals surface area contributed by atoms with Crippen LogP contribution in [0.3, 0.4) is 0 Å². The fourth-order valence-corrected chi connectivity index (χ4v) is 1.30. The van der Waals surface area contributed by atoms with Gasteiger partial charge in [0.1, 0.15) is 5.82 Å². The number of aromatic amines is 1. The third-order valence-corrected chi connectivity index (χ3v) is 2.15. The molecule has 0 saturated carbocycles. The molecule has 5 nitrogen and oxygen atoms in total. The molecule has 0 aliphatic heterocycles. The van der Waals surface area contributed by atoms with Crippen LogP contribution in [-0.2, 0) is 0 Å². The largest absolute Gasteiger partial charge is 0.384 e. The van der Waals surface area contributed by atoms with Crippen LogP contribution >= 0.6 is 0 Å². The Morgan fingerprint density at radius 1 is 1.53 bits per heavy atom. The molecule has 1 aromatic heterocycles. The summed E-state index contributed by atoms with van der Waals surface area (Å²) in [5, 5.41) is 0. The number of carbonyl (C=O) groups excluding carboxylic acids is 1. The number of nitrogens with two attached hydrogens (primary N) is 1. The molecule has 0 amide bonds. The number of nitrogen functional groups attached to an aromatic ring is 1. The van der Waals surface area contributed by atoms with Crippen molar-refractivity contribution < 1.29 is 4.79 Å². The molecule has 3 N–H and O–H groups in total. The van der Waals surface area contributed by atoms with Crippen LogP contribution in [-0.4, -0.2) is 15.8 Å². The number of hydrogen-bond donors (Lipinski definition) is 2. The molecule has 5 heteroatoms. The maximum atomic E-state index is 11.6. The number of H-pyrrole nitrogens is 1. The topological polar surface area (TPSA) is 88.8 Å². The van der Waals surface area contributed by atoms with Crippen LogP contribution in [0, 0.1) is 0 Å². The van der Waals surface area contributed by atoms with Gasteiger partial charge < -0.3 is 5.73 Å². The van der Waals surface area contributed by atoms with Crippen molar-refractivity contribution in [2.75, 3.05) is 5.73 Å². The average Bonchev–Trinajstić information content (AvgIpc) is 2.17. The quantitative estimate of drug-likeness (QED) is 0.561. The molecule has 0 aliphatic rings. The van der Waals surface area contributed by atoms with Crippen LogP contribution in [0.2, 0.25) is 0 Å². The van der Waals surface area contributed by atoms with Crippen LogP contribution < -0.4 is 11.4 Å². The molecule has 0 aliphatic carbocycles.